The van der Waals surface area contributed by atoms with Gasteiger partial charge in [-0.1, -0.05) is 19.1 Å². The third-order valence-corrected chi connectivity index (χ3v) is 3.43. The summed E-state index contributed by atoms with van der Waals surface area (Å²) in [6.07, 6.45) is 0.466. The number of nitrogens with one attached hydrogen (secondary N) is 2. The van der Waals surface area contributed by atoms with Gasteiger partial charge in [0.2, 0.25) is 11.8 Å². The summed E-state index contributed by atoms with van der Waals surface area (Å²) in [4.78, 5) is 37.5. The van der Waals surface area contributed by atoms with Gasteiger partial charge in [0, 0.05) is 12.2 Å². The van der Waals surface area contributed by atoms with Gasteiger partial charge in [0.15, 0.2) is 0 Å². The van der Waals surface area contributed by atoms with Crippen LogP contribution in [0.5, 0.6) is 0 Å². The van der Waals surface area contributed by atoms with E-state index in [1.807, 2.05) is 26.0 Å². The molecule has 6 nitrogen and oxygen atoms in total. The van der Waals surface area contributed by atoms with Crippen LogP contribution in [-0.4, -0.2) is 41.8 Å². The van der Waals surface area contributed by atoms with Gasteiger partial charge in [0.05, 0.1) is 5.56 Å². The number of hydrogen-bond acceptors (Lipinski definition) is 4. The fraction of sp³-hybridized carbons (Fsp3) is 0.400. The van der Waals surface area contributed by atoms with Crippen molar-refractivity contribution in [3.8, 4) is 0 Å². The van der Waals surface area contributed by atoms with E-state index in [4.69, 9.17) is 0 Å². The van der Waals surface area contributed by atoms with Gasteiger partial charge < -0.3 is 10.2 Å². The smallest absolute Gasteiger partial charge is 0.257 e. The monoisotopic (exact) mass is 289 g/mol. The normalized spacial score (nSPS) is 18.4. The number of hydrogen-bond donors (Lipinski definition) is 2. The molecule has 6 heteroatoms. The van der Waals surface area contributed by atoms with Crippen LogP contribution in [0.25, 0.3) is 0 Å². The minimum absolute atomic E-state index is 0.0937. The van der Waals surface area contributed by atoms with Gasteiger partial charge in [0.25, 0.3) is 5.91 Å². The molecule has 1 fully saturated rings. The van der Waals surface area contributed by atoms with Crippen LogP contribution in [0.15, 0.2) is 24.3 Å². The highest BCUT2D eigenvalue weighted by Crippen LogP contribution is 2.20. The molecule has 0 saturated carbocycles. The number of para-hydroxylation sites is 1. The number of amides is 3. The van der Waals surface area contributed by atoms with E-state index in [1.165, 1.54) is 4.90 Å². The van der Waals surface area contributed by atoms with Crippen LogP contribution in [-0.2, 0) is 9.59 Å². The number of benzene rings is 1. The second-order valence-electron chi connectivity index (χ2n) is 4.85. The van der Waals surface area contributed by atoms with Crippen molar-refractivity contribution < 1.29 is 14.4 Å². The highest BCUT2D eigenvalue weighted by Gasteiger charge is 2.36. The Labute approximate surface area is 123 Å². The van der Waals surface area contributed by atoms with Gasteiger partial charge >= 0.3 is 0 Å². The van der Waals surface area contributed by atoms with E-state index in [-0.39, 0.29) is 12.5 Å². The Hall–Kier alpha value is -2.37. The van der Waals surface area contributed by atoms with Crippen molar-refractivity contribution in [2.75, 3.05) is 18.4 Å². The molecule has 0 bridgehead atoms. The van der Waals surface area contributed by atoms with Crippen molar-refractivity contribution in [2.24, 2.45) is 0 Å². The molecule has 0 radical (unpaired) electrons. The van der Waals surface area contributed by atoms with E-state index < -0.39 is 17.9 Å². The minimum atomic E-state index is -0.607. The maximum atomic E-state index is 12.7. The maximum Gasteiger partial charge on any atom is 0.257 e. The van der Waals surface area contributed by atoms with Crippen LogP contribution in [0.3, 0.4) is 0 Å². The Morgan fingerprint density at radius 1 is 1.33 bits per heavy atom. The summed E-state index contributed by atoms with van der Waals surface area (Å²) in [6.45, 7) is 4.34. The highest BCUT2D eigenvalue weighted by atomic mass is 16.2. The fourth-order valence-corrected chi connectivity index (χ4v) is 2.45. The molecule has 1 aromatic rings. The first-order chi connectivity index (χ1) is 10.1. The van der Waals surface area contributed by atoms with Crippen LogP contribution in [0.2, 0.25) is 0 Å². The van der Waals surface area contributed by atoms with Crippen molar-refractivity contribution in [3.05, 3.63) is 29.8 Å². The lowest BCUT2D eigenvalue weighted by molar-refractivity contribution is -0.138. The zero-order valence-corrected chi connectivity index (χ0v) is 12.2. The number of carbonyl (C=O) groups is 3. The van der Waals surface area contributed by atoms with Crippen LogP contribution >= 0.6 is 0 Å². The predicted molar refractivity (Wildman–Crippen MR) is 78.9 cm³/mol. The van der Waals surface area contributed by atoms with Crippen molar-refractivity contribution in [3.63, 3.8) is 0 Å². The Kier molecular flexibility index (Phi) is 4.57. The van der Waals surface area contributed by atoms with E-state index >= 15 is 0 Å². The molecule has 2 N–H and O–H groups in total. The second kappa shape index (κ2) is 6.39. The summed E-state index contributed by atoms with van der Waals surface area (Å²) in [7, 11) is 0. The number of piperazine rings is 1. The molecule has 1 aromatic carbocycles. The number of nitrogens with zero attached hydrogens (tertiary/aromatic N) is 1. The minimum Gasteiger partial charge on any atom is -0.385 e. The van der Waals surface area contributed by atoms with E-state index in [2.05, 4.69) is 10.6 Å². The molecule has 1 saturated heterocycles. The average molecular weight is 289 g/mol. The lowest BCUT2D eigenvalue weighted by Crippen LogP contribution is -2.59. The van der Waals surface area contributed by atoms with Crippen molar-refractivity contribution >= 4 is 23.4 Å². The summed E-state index contributed by atoms with van der Waals surface area (Å²) in [5.74, 6) is -1.16. The van der Waals surface area contributed by atoms with Gasteiger partial charge in [0.1, 0.15) is 12.6 Å². The van der Waals surface area contributed by atoms with Crippen LogP contribution < -0.4 is 10.6 Å². The van der Waals surface area contributed by atoms with Gasteiger partial charge in [-0.3, -0.25) is 19.7 Å². The summed E-state index contributed by atoms with van der Waals surface area (Å²) in [5.41, 5.74) is 1.18. The second-order valence-corrected chi connectivity index (χ2v) is 4.85. The maximum absolute atomic E-state index is 12.7. The summed E-state index contributed by atoms with van der Waals surface area (Å²) < 4.78 is 0. The van der Waals surface area contributed by atoms with Crippen molar-refractivity contribution in [2.45, 2.75) is 26.3 Å². The SMILES string of the molecule is CCNc1ccccc1C(=O)N1CC(=O)NC(=O)C1CC. The van der Waals surface area contributed by atoms with E-state index in [0.29, 0.717) is 24.2 Å². The molecule has 21 heavy (non-hydrogen) atoms. The molecule has 0 aliphatic carbocycles. The zero-order valence-electron chi connectivity index (χ0n) is 12.2. The van der Waals surface area contributed by atoms with E-state index in [9.17, 15) is 14.4 Å². The first kappa shape index (κ1) is 15.0. The lowest BCUT2D eigenvalue weighted by atomic mass is 10.1. The lowest BCUT2D eigenvalue weighted by Gasteiger charge is -2.33. The molecule has 0 aromatic heterocycles. The third kappa shape index (κ3) is 3.04. The summed E-state index contributed by atoms with van der Waals surface area (Å²) >= 11 is 0. The van der Waals surface area contributed by atoms with Crippen molar-refractivity contribution in [1.29, 1.82) is 0 Å². The fourth-order valence-electron chi connectivity index (χ4n) is 2.45. The molecular formula is C15H19N3O3. The molecule has 1 atom stereocenters. The molecule has 0 spiro atoms. The Bertz CT molecular complexity index is 571. The molecule has 1 aliphatic rings. The Balaban J connectivity index is 2.33. The molecule has 3 amide bonds. The molecular weight excluding hydrogens is 270 g/mol. The number of imide groups is 1. The molecule has 1 heterocycles. The number of carbonyl (C=O) groups excluding carboxylic acids is 3. The van der Waals surface area contributed by atoms with Gasteiger partial charge in [-0.2, -0.15) is 0 Å². The van der Waals surface area contributed by atoms with Crippen molar-refractivity contribution in [1.82, 2.24) is 10.2 Å². The summed E-state index contributed by atoms with van der Waals surface area (Å²) in [5, 5.41) is 5.39. The first-order valence-corrected chi connectivity index (χ1v) is 7.06. The Morgan fingerprint density at radius 2 is 2.05 bits per heavy atom. The van der Waals surface area contributed by atoms with Crippen LogP contribution in [0, 0.1) is 0 Å². The van der Waals surface area contributed by atoms with Gasteiger partial charge in [-0.15, -0.1) is 0 Å². The van der Waals surface area contributed by atoms with Crippen LogP contribution in [0.1, 0.15) is 30.6 Å². The third-order valence-electron chi connectivity index (χ3n) is 3.43. The largest absolute Gasteiger partial charge is 0.385 e. The van der Waals surface area contributed by atoms with Gasteiger partial charge in [-0.05, 0) is 25.5 Å². The quantitative estimate of drug-likeness (QED) is 0.810. The van der Waals surface area contributed by atoms with E-state index in [0.717, 1.165) is 0 Å². The molecule has 2 rings (SSSR count). The predicted octanol–water partition coefficient (Wildman–Crippen LogP) is 0.996. The number of anilines is 1. The zero-order chi connectivity index (χ0) is 15.4. The van der Waals surface area contributed by atoms with E-state index in [1.54, 1.807) is 12.1 Å². The molecule has 1 unspecified atom stereocenters. The number of rotatable bonds is 4. The van der Waals surface area contributed by atoms with Gasteiger partial charge in [-0.25, -0.2) is 0 Å². The Morgan fingerprint density at radius 3 is 2.71 bits per heavy atom. The topological polar surface area (TPSA) is 78.5 Å². The highest BCUT2D eigenvalue weighted by molar-refractivity contribution is 6.08. The summed E-state index contributed by atoms with van der Waals surface area (Å²) in [6, 6.07) is 6.50. The molecule has 1 aliphatic heterocycles. The first-order valence-electron chi connectivity index (χ1n) is 7.06. The average Bonchev–Trinajstić information content (AvgIpc) is 2.47. The molecule has 112 valence electrons. The van der Waals surface area contributed by atoms with Crippen LogP contribution in [0.4, 0.5) is 5.69 Å². The standard InChI is InChI=1S/C15H19N3O3/c1-3-12-14(20)17-13(19)9-18(12)15(21)10-7-5-6-8-11(10)16-4-2/h5-8,12,16H,3-4,9H2,1-2H3,(H,17,19,20).